The Balaban J connectivity index is 1.77. The third kappa shape index (κ3) is 4.66. The molecule has 1 atom stereocenters. The van der Waals surface area contributed by atoms with Crippen LogP contribution in [0.25, 0.3) is 0 Å². The molecule has 1 fully saturated rings. The summed E-state index contributed by atoms with van der Waals surface area (Å²) in [4.78, 5) is 27.8. The van der Waals surface area contributed by atoms with E-state index in [4.69, 9.17) is 0 Å². The number of piperidine rings is 1. The first-order valence-corrected chi connectivity index (χ1v) is 9.77. The van der Waals surface area contributed by atoms with Gasteiger partial charge in [0.05, 0.1) is 6.54 Å². The summed E-state index contributed by atoms with van der Waals surface area (Å²) in [6.07, 6.45) is 7.66. The number of hydrogen-bond donors (Lipinski definition) is 1. The van der Waals surface area contributed by atoms with Gasteiger partial charge in [-0.1, -0.05) is 0 Å². The van der Waals surface area contributed by atoms with Crippen LogP contribution in [-0.4, -0.2) is 51.3 Å². The zero-order valence-electron chi connectivity index (χ0n) is 16.2. The van der Waals surface area contributed by atoms with Gasteiger partial charge in [-0.3, -0.25) is 14.3 Å². The molecular weight excluding hydrogens is 342 g/mol. The number of carbonyl (C=O) groups excluding carboxylic acids is 1. The molecule has 7 heteroatoms. The van der Waals surface area contributed by atoms with E-state index < -0.39 is 0 Å². The average molecular weight is 371 g/mol. The Kier molecular flexibility index (Phi) is 6.45. The predicted molar refractivity (Wildman–Crippen MR) is 105 cm³/mol. The molecule has 1 N–H and O–H groups in total. The molecule has 1 aliphatic heterocycles. The quantitative estimate of drug-likeness (QED) is 0.801. The van der Waals surface area contributed by atoms with Crippen molar-refractivity contribution in [1.29, 1.82) is 0 Å². The maximum absolute atomic E-state index is 13.1. The summed E-state index contributed by atoms with van der Waals surface area (Å²) in [5.41, 5.74) is 0.854. The molecule has 3 heterocycles. The molecular formula is C20H29N5O2. The molecule has 0 radical (unpaired) electrons. The van der Waals surface area contributed by atoms with Gasteiger partial charge in [-0.2, -0.15) is 5.10 Å². The van der Waals surface area contributed by atoms with Gasteiger partial charge in [0.25, 0.3) is 11.5 Å². The Labute approximate surface area is 160 Å². The fourth-order valence-electron chi connectivity index (χ4n) is 3.64. The van der Waals surface area contributed by atoms with Crippen molar-refractivity contribution in [3.63, 3.8) is 0 Å². The number of nitrogens with one attached hydrogen (secondary N) is 1. The fourth-order valence-corrected chi connectivity index (χ4v) is 3.64. The van der Waals surface area contributed by atoms with Crippen LogP contribution in [0.2, 0.25) is 0 Å². The second-order valence-corrected chi connectivity index (χ2v) is 7.20. The van der Waals surface area contributed by atoms with Crippen LogP contribution >= 0.6 is 0 Å². The van der Waals surface area contributed by atoms with Crippen LogP contribution in [0.4, 0.5) is 0 Å². The summed E-state index contributed by atoms with van der Waals surface area (Å²) < 4.78 is 3.50. The zero-order valence-corrected chi connectivity index (χ0v) is 16.2. The van der Waals surface area contributed by atoms with E-state index in [-0.39, 0.29) is 11.5 Å². The molecule has 1 unspecified atom stereocenters. The lowest BCUT2D eigenvalue weighted by atomic mass is 9.99. The Morgan fingerprint density at radius 2 is 2.26 bits per heavy atom. The largest absolute Gasteiger partial charge is 0.337 e. The van der Waals surface area contributed by atoms with Crippen molar-refractivity contribution in [2.24, 2.45) is 5.92 Å². The first-order valence-electron chi connectivity index (χ1n) is 9.77. The maximum Gasteiger partial charge on any atom is 0.263 e. The fraction of sp³-hybridized carbons (Fsp3) is 0.550. The number of likely N-dealkylation sites (N-methyl/N-ethyl adjacent to an activating group) is 1. The van der Waals surface area contributed by atoms with Crippen molar-refractivity contribution in [1.82, 2.24) is 24.6 Å². The maximum atomic E-state index is 13.1. The Bertz CT molecular complexity index is 806. The second kappa shape index (κ2) is 8.99. The molecule has 2 aromatic heterocycles. The zero-order chi connectivity index (χ0) is 19.2. The van der Waals surface area contributed by atoms with Gasteiger partial charge in [0.2, 0.25) is 0 Å². The highest BCUT2D eigenvalue weighted by Crippen LogP contribution is 2.13. The van der Waals surface area contributed by atoms with Crippen LogP contribution in [0.5, 0.6) is 0 Å². The third-order valence-electron chi connectivity index (χ3n) is 5.27. The van der Waals surface area contributed by atoms with Gasteiger partial charge in [-0.25, -0.2) is 0 Å². The van der Waals surface area contributed by atoms with Crippen LogP contribution in [0.3, 0.4) is 0 Å². The van der Waals surface area contributed by atoms with Crippen molar-refractivity contribution in [3.8, 4) is 0 Å². The topological polar surface area (TPSA) is 72.2 Å². The van der Waals surface area contributed by atoms with Gasteiger partial charge in [0.1, 0.15) is 5.56 Å². The van der Waals surface area contributed by atoms with E-state index in [1.807, 2.05) is 38.4 Å². The highest BCUT2D eigenvalue weighted by atomic mass is 16.2. The molecule has 7 nitrogen and oxygen atoms in total. The van der Waals surface area contributed by atoms with Crippen LogP contribution in [0.1, 0.15) is 35.7 Å². The van der Waals surface area contributed by atoms with Gasteiger partial charge in [0, 0.05) is 38.2 Å². The molecule has 146 valence electrons. The van der Waals surface area contributed by atoms with Crippen molar-refractivity contribution < 1.29 is 4.79 Å². The number of amides is 1. The van der Waals surface area contributed by atoms with E-state index in [9.17, 15) is 9.59 Å². The van der Waals surface area contributed by atoms with E-state index in [2.05, 4.69) is 10.4 Å². The number of rotatable bonds is 7. The molecule has 1 saturated heterocycles. The molecule has 0 spiro atoms. The summed E-state index contributed by atoms with van der Waals surface area (Å²) in [6, 6.07) is 3.74. The number of carbonyl (C=O) groups is 1. The van der Waals surface area contributed by atoms with E-state index >= 15 is 0 Å². The molecule has 27 heavy (non-hydrogen) atoms. The van der Waals surface area contributed by atoms with Crippen LogP contribution < -0.4 is 10.9 Å². The van der Waals surface area contributed by atoms with Crippen LogP contribution in [-0.2, 0) is 13.1 Å². The minimum atomic E-state index is -0.191. The highest BCUT2D eigenvalue weighted by molar-refractivity contribution is 5.95. The first kappa shape index (κ1) is 19.4. The summed E-state index contributed by atoms with van der Waals surface area (Å²) in [7, 11) is 0. The van der Waals surface area contributed by atoms with Gasteiger partial charge in [-0.15, -0.1) is 0 Å². The van der Waals surface area contributed by atoms with Gasteiger partial charge >= 0.3 is 0 Å². The smallest absolute Gasteiger partial charge is 0.263 e. The predicted octanol–water partition coefficient (Wildman–Crippen LogP) is 1.52. The normalized spacial score (nSPS) is 17.0. The van der Waals surface area contributed by atoms with Gasteiger partial charge in [0.15, 0.2) is 0 Å². The van der Waals surface area contributed by atoms with Gasteiger partial charge < -0.3 is 14.8 Å². The Hall–Kier alpha value is -2.41. The van der Waals surface area contributed by atoms with Crippen LogP contribution in [0.15, 0.2) is 35.5 Å². The lowest BCUT2D eigenvalue weighted by Gasteiger charge is -2.25. The summed E-state index contributed by atoms with van der Waals surface area (Å²) >= 11 is 0. The number of aromatic nitrogens is 3. The monoisotopic (exact) mass is 371 g/mol. The summed E-state index contributed by atoms with van der Waals surface area (Å²) in [6.45, 7) is 8.09. The lowest BCUT2D eigenvalue weighted by Crippen LogP contribution is -2.40. The third-order valence-corrected chi connectivity index (χ3v) is 5.27. The minimum Gasteiger partial charge on any atom is -0.337 e. The SMILES string of the molecule is CCN(CCn1cccn1)C(=O)c1c(C)ccn(CC2CCCNC2)c1=O. The minimum absolute atomic E-state index is 0.178. The van der Waals surface area contributed by atoms with E-state index in [1.165, 1.54) is 0 Å². The molecule has 0 aliphatic carbocycles. The van der Waals surface area contributed by atoms with Crippen molar-refractivity contribution in [3.05, 3.63) is 52.2 Å². The molecule has 1 aliphatic rings. The number of hydrogen-bond acceptors (Lipinski definition) is 4. The van der Waals surface area contributed by atoms with Crippen LogP contribution in [0, 0.1) is 12.8 Å². The Morgan fingerprint density at radius 1 is 1.41 bits per heavy atom. The Morgan fingerprint density at radius 3 is 2.93 bits per heavy atom. The van der Waals surface area contributed by atoms with Crippen molar-refractivity contribution in [2.45, 2.75) is 39.8 Å². The molecule has 0 saturated carbocycles. The number of aryl methyl sites for hydroxylation is 1. The number of nitrogens with zero attached hydrogens (tertiary/aromatic N) is 4. The molecule has 3 rings (SSSR count). The van der Waals surface area contributed by atoms with Crippen molar-refractivity contribution >= 4 is 5.91 Å². The van der Waals surface area contributed by atoms with E-state index in [1.54, 1.807) is 20.3 Å². The average Bonchev–Trinajstić information content (AvgIpc) is 3.19. The van der Waals surface area contributed by atoms with E-state index in [0.717, 1.165) is 31.5 Å². The first-order chi connectivity index (χ1) is 13.1. The second-order valence-electron chi connectivity index (χ2n) is 7.20. The highest BCUT2D eigenvalue weighted by Gasteiger charge is 2.22. The summed E-state index contributed by atoms with van der Waals surface area (Å²) in [5, 5.41) is 7.56. The molecule has 0 aromatic carbocycles. The van der Waals surface area contributed by atoms with Crippen molar-refractivity contribution in [2.75, 3.05) is 26.2 Å². The number of pyridine rings is 1. The molecule has 1 amide bonds. The van der Waals surface area contributed by atoms with Gasteiger partial charge in [-0.05, 0) is 63.4 Å². The summed E-state index contributed by atoms with van der Waals surface area (Å²) in [5.74, 6) is 0.243. The molecule has 2 aromatic rings. The standard InChI is InChI=1S/C20H29N5O2/c1-3-23(12-13-25-10-5-9-22-25)19(26)18-16(2)7-11-24(20(18)27)15-17-6-4-8-21-14-17/h5,7,9-11,17,21H,3-4,6,8,12-15H2,1-2H3. The van der Waals surface area contributed by atoms with E-state index in [0.29, 0.717) is 37.7 Å². The lowest BCUT2D eigenvalue weighted by molar-refractivity contribution is 0.0754. The molecule has 0 bridgehead atoms.